The summed E-state index contributed by atoms with van der Waals surface area (Å²) < 4.78 is 23.6. The number of aromatic amines is 1. The lowest BCUT2D eigenvalue weighted by atomic mass is 10.1. The molecule has 0 amide bonds. The number of anilines is 1. The number of H-pyrrole nitrogens is 1. The first-order valence-electron chi connectivity index (χ1n) is 9.66. The molecule has 30 heavy (non-hydrogen) atoms. The van der Waals surface area contributed by atoms with Gasteiger partial charge in [-0.05, 0) is 43.2 Å². The molecule has 0 bridgehead atoms. The van der Waals surface area contributed by atoms with Gasteiger partial charge in [0.1, 0.15) is 9.84 Å². The summed E-state index contributed by atoms with van der Waals surface area (Å²) in [6.07, 6.45) is 5.86. The van der Waals surface area contributed by atoms with Crippen molar-refractivity contribution in [2.45, 2.75) is 18.1 Å². The molecule has 9 heteroatoms. The third kappa shape index (κ3) is 4.06. The molecule has 0 atom stereocenters. The van der Waals surface area contributed by atoms with Crippen LogP contribution < -0.4 is 4.90 Å². The van der Waals surface area contributed by atoms with E-state index >= 15 is 0 Å². The van der Waals surface area contributed by atoms with Crippen molar-refractivity contribution < 1.29 is 13.3 Å². The van der Waals surface area contributed by atoms with Crippen molar-refractivity contribution in [3.8, 4) is 0 Å². The van der Waals surface area contributed by atoms with Gasteiger partial charge in [0.15, 0.2) is 0 Å². The number of fused-ring (bicyclic) bond motifs is 1. The number of nitro groups is 1. The second-order valence-corrected chi connectivity index (χ2v) is 9.83. The lowest BCUT2D eigenvalue weighted by Gasteiger charge is -2.32. The molecule has 1 aliphatic heterocycles. The Morgan fingerprint density at radius 1 is 1.17 bits per heavy atom. The van der Waals surface area contributed by atoms with Gasteiger partial charge in [0.25, 0.3) is 5.69 Å². The topological polar surface area (TPSA) is 109 Å². The number of aromatic nitrogens is 2. The average Bonchev–Trinajstić information content (AvgIpc) is 3.14. The second-order valence-electron chi connectivity index (χ2n) is 7.50. The molecule has 0 unspecified atom stereocenters. The summed E-state index contributed by atoms with van der Waals surface area (Å²) in [7, 11) is -3.05. The fraction of sp³-hybridized carbons (Fsp3) is 0.286. The van der Waals surface area contributed by atoms with E-state index in [0.717, 1.165) is 16.6 Å². The molecule has 156 valence electrons. The number of piperidine rings is 1. The molecule has 1 fully saturated rings. The van der Waals surface area contributed by atoms with Gasteiger partial charge < -0.3 is 4.90 Å². The molecule has 4 rings (SSSR count). The van der Waals surface area contributed by atoms with Crippen LogP contribution in [0.1, 0.15) is 24.1 Å². The molecule has 1 saturated heterocycles. The van der Waals surface area contributed by atoms with Crippen LogP contribution in [-0.4, -0.2) is 48.1 Å². The van der Waals surface area contributed by atoms with E-state index in [0.29, 0.717) is 37.2 Å². The first-order valence-corrected chi connectivity index (χ1v) is 11.6. The van der Waals surface area contributed by atoms with E-state index < -0.39 is 14.8 Å². The van der Waals surface area contributed by atoms with E-state index in [1.54, 1.807) is 24.3 Å². The van der Waals surface area contributed by atoms with Crippen molar-refractivity contribution in [1.29, 1.82) is 0 Å². The summed E-state index contributed by atoms with van der Waals surface area (Å²) >= 11 is 0. The Morgan fingerprint density at radius 2 is 1.90 bits per heavy atom. The standard InChI is InChI=1S/C21H22N4O4S/c1-30(28,29)17-10-12-24(13-11-17)16-7-9-21(25(26)27)15(14-16)6-8-20-18-4-2-3-5-19(18)22-23-20/h2-9,14,17H,10-13H2,1H3,(H,22,23). The summed E-state index contributed by atoms with van der Waals surface area (Å²) in [5.74, 6) is 0. The molecule has 0 radical (unpaired) electrons. The third-order valence-corrected chi connectivity index (χ3v) is 7.22. The molecular formula is C21H22N4O4S. The van der Waals surface area contributed by atoms with Crippen LogP contribution in [0.3, 0.4) is 0 Å². The Bertz CT molecular complexity index is 1220. The Labute approximate surface area is 174 Å². The van der Waals surface area contributed by atoms with Crippen LogP contribution in [0.5, 0.6) is 0 Å². The highest BCUT2D eigenvalue weighted by Gasteiger charge is 2.27. The van der Waals surface area contributed by atoms with Gasteiger partial charge in [0, 0.05) is 36.5 Å². The normalized spacial score (nSPS) is 15.8. The summed E-state index contributed by atoms with van der Waals surface area (Å²) in [6.45, 7) is 1.20. The molecular weight excluding hydrogens is 404 g/mol. The summed E-state index contributed by atoms with van der Waals surface area (Å²) in [4.78, 5) is 13.2. The maximum absolute atomic E-state index is 11.8. The van der Waals surface area contributed by atoms with E-state index in [4.69, 9.17) is 0 Å². The largest absolute Gasteiger partial charge is 0.371 e. The minimum Gasteiger partial charge on any atom is -0.371 e. The molecule has 1 N–H and O–H groups in total. The highest BCUT2D eigenvalue weighted by Crippen LogP contribution is 2.30. The van der Waals surface area contributed by atoms with Gasteiger partial charge in [-0.15, -0.1) is 0 Å². The van der Waals surface area contributed by atoms with E-state index in [1.165, 1.54) is 12.3 Å². The molecule has 8 nitrogen and oxygen atoms in total. The number of nitrogens with one attached hydrogen (secondary N) is 1. The third-order valence-electron chi connectivity index (χ3n) is 5.54. The monoisotopic (exact) mass is 426 g/mol. The number of benzene rings is 2. The number of para-hydroxylation sites is 1. The van der Waals surface area contributed by atoms with Gasteiger partial charge in [0.2, 0.25) is 0 Å². The number of rotatable bonds is 5. The fourth-order valence-electron chi connectivity index (χ4n) is 3.86. The molecule has 1 aromatic heterocycles. The van der Waals surface area contributed by atoms with Crippen LogP contribution >= 0.6 is 0 Å². The Balaban J connectivity index is 1.62. The maximum Gasteiger partial charge on any atom is 0.276 e. The molecule has 1 aliphatic rings. The summed E-state index contributed by atoms with van der Waals surface area (Å²) in [5.41, 5.74) is 2.95. The number of hydrogen-bond acceptors (Lipinski definition) is 6. The smallest absolute Gasteiger partial charge is 0.276 e. The van der Waals surface area contributed by atoms with Crippen LogP contribution in [0.4, 0.5) is 11.4 Å². The Kier molecular flexibility index (Phi) is 5.29. The molecule has 2 aromatic carbocycles. The quantitative estimate of drug-likeness (QED) is 0.493. The van der Waals surface area contributed by atoms with Crippen molar-refractivity contribution in [3.05, 3.63) is 63.8 Å². The molecule has 0 spiro atoms. The number of nitrogens with zero attached hydrogens (tertiary/aromatic N) is 3. The summed E-state index contributed by atoms with van der Waals surface area (Å²) in [5, 5.41) is 19.4. The molecule has 0 saturated carbocycles. The van der Waals surface area contributed by atoms with Crippen molar-refractivity contribution >= 4 is 44.3 Å². The molecule has 2 heterocycles. The lowest BCUT2D eigenvalue weighted by Crippen LogP contribution is -2.39. The zero-order chi connectivity index (χ0) is 21.3. The Hall–Kier alpha value is -3.20. The van der Waals surface area contributed by atoms with Gasteiger partial charge in [-0.1, -0.05) is 18.2 Å². The Morgan fingerprint density at radius 3 is 2.60 bits per heavy atom. The first kappa shape index (κ1) is 20.1. The highest BCUT2D eigenvalue weighted by atomic mass is 32.2. The van der Waals surface area contributed by atoms with Crippen LogP contribution in [0.2, 0.25) is 0 Å². The van der Waals surface area contributed by atoms with Crippen molar-refractivity contribution in [1.82, 2.24) is 10.2 Å². The van der Waals surface area contributed by atoms with Gasteiger partial charge in [-0.3, -0.25) is 15.2 Å². The molecule has 0 aliphatic carbocycles. The first-order chi connectivity index (χ1) is 14.3. The minimum absolute atomic E-state index is 0.0147. The van der Waals surface area contributed by atoms with Crippen LogP contribution in [-0.2, 0) is 9.84 Å². The predicted octanol–water partition coefficient (Wildman–Crippen LogP) is 3.65. The SMILES string of the molecule is CS(=O)(=O)C1CCN(c2ccc([N+](=O)[O-])c(C=Cc3n[nH]c4ccccc34)c2)CC1. The van der Waals surface area contributed by atoms with Crippen molar-refractivity contribution in [3.63, 3.8) is 0 Å². The van der Waals surface area contributed by atoms with Gasteiger partial charge >= 0.3 is 0 Å². The number of hydrogen-bond donors (Lipinski definition) is 1. The van der Waals surface area contributed by atoms with Crippen LogP contribution in [0, 0.1) is 10.1 Å². The van der Waals surface area contributed by atoms with E-state index in [1.807, 2.05) is 24.3 Å². The maximum atomic E-state index is 11.8. The van der Waals surface area contributed by atoms with E-state index in [2.05, 4.69) is 15.1 Å². The number of sulfone groups is 1. The minimum atomic E-state index is -3.05. The van der Waals surface area contributed by atoms with E-state index in [9.17, 15) is 18.5 Å². The fourth-order valence-corrected chi connectivity index (χ4v) is 4.93. The van der Waals surface area contributed by atoms with E-state index in [-0.39, 0.29) is 10.9 Å². The van der Waals surface area contributed by atoms with Crippen LogP contribution in [0.25, 0.3) is 23.1 Å². The molecule has 3 aromatic rings. The van der Waals surface area contributed by atoms with Crippen LogP contribution in [0.15, 0.2) is 42.5 Å². The second kappa shape index (κ2) is 7.91. The highest BCUT2D eigenvalue weighted by molar-refractivity contribution is 7.91. The zero-order valence-electron chi connectivity index (χ0n) is 16.5. The van der Waals surface area contributed by atoms with Gasteiger partial charge in [-0.25, -0.2) is 8.42 Å². The predicted molar refractivity (Wildman–Crippen MR) is 118 cm³/mol. The van der Waals surface area contributed by atoms with Gasteiger partial charge in [0.05, 0.1) is 26.9 Å². The van der Waals surface area contributed by atoms with Crippen molar-refractivity contribution in [2.75, 3.05) is 24.2 Å². The summed E-state index contributed by atoms with van der Waals surface area (Å²) in [6, 6.07) is 12.7. The van der Waals surface area contributed by atoms with Crippen molar-refractivity contribution in [2.24, 2.45) is 0 Å². The number of nitro benzene ring substituents is 1. The van der Waals surface area contributed by atoms with Gasteiger partial charge in [-0.2, -0.15) is 5.10 Å². The lowest BCUT2D eigenvalue weighted by molar-refractivity contribution is -0.385. The average molecular weight is 426 g/mol. The zero-order valence-corrected chi connectivity index (χ0v) is 17.3.